The first kappa shape index (κ1) is 16.9. The molecule has 124 valence electrons. The number of hydrogen-bond acceptors (Lipinski definition) is 1. The van der Waals surface area contributed by atoms with Crippen LogP contribution in [-0.2, 0) is 11.2 Å². The number of fused-ring (bicyclic) bond motifs is 1. The van der Waals surface area contributed by atoms with Crippen molar-refractivity contribution in [2.24, 2.45) is 0 Å². The lowest BCUT2D eigenvalue weighted by atomic mass is 9.98. The standard InChI is InChI=1S/C19H17Cl2NO2/c1-10(2)11-5-3-6-12-14(9-16(23)24)19(22-18(11)12)13-7-4-8-15(20)17(13)21/h3-8,10,22H,9H2,1-2H3,(H,23,24). The van der Waals surface area contributed by atoms with Crippen molar-refractivity contribution in [3.05, 3.63) is 57.6 Å². The second-order valence-corrected chi connectivity index (χ2v) is 6.86. The number of carboxylic acids is 1. The number of halogens is 2. The molecule has 0 saturated heterocycles. The van der Waals surface area contributed by atoms with Gasteiger partial charge in [-0.3, -0.25) is 4.79 Å². The number of hydrogen-bond donors (Lipinski definition) is 2. The van der Waals surface area contributed by atoms with Crippen molar-refractivity contribution in [3.8, 4) is 11.3 Å². The number of rotatable bonds is 4. The SMILES string of the molecule is CC(C)c1cccc2c(CC(=O)O)c(-c3cccc(Cl)c3Cl)[nH]c12. The Morgan fingerprint density at radius 3 is 2.54 bits per heavy atom. The minimum atomic E-state index is -0.884. The van der Waals surface area contributed by atoms with Crippen molar-refractivity contribution in [3.63, 3.8) is 0 Å². The van der Waals surface area contributed by atoms with Crippen LogP contribution in [0.5, 0.6) is 0 Å². The molecule has 0 bridgehead atoms. The lowest BCUT2D eigenvalue weighted by Gasteiger charge is -2.06. The molecule has 0 aliphatic carbocycles. The Balaban J connectivity index is 2.36. The summed E-state index contributed by atoms with van der Waals surface area (Å²) in [4.78, 5) is 14.8. The maximum Gasteiger partial charge on any atom is 0.307 e. The molecule has 24 heavy (non-hydrogen) atoms. The van der Waals surface area contributed by atoms with Crippen LogP contribution in [0, 0.1) is 0 Å². The minimum Gasteiger partial charge on any atom is -0.481 e. The van der Waals surface area contributed by atoms with Gasteiger partial charge in [-0.05, 0) is 23.1 Å². The summed E-state index contributed by atoms with van der Waals surface area (Å²) in [7, 11) is 0. The molecule has 0 saturated carbocycles. The summed E-state index contributed by atoms with van der Waals surface area (Å²) in [6, 6.07) is 11.3. The van der Waals surface area contributed by atoms with Crippen LogP contribution in [-0.4, -0.2) is 16.1 Å². The number of benzene rings is 2. The van der Waals surface area contributed by atoms with E-state index in [2.05, 4.69) is 24.9 Å². The average molecular weight is 362 g/mol. The predicted octanol–water partition coefficient (Wildman–Crippen LogP) is 5.89. The molecule has 3 rings (SSSR count). The Morgan fingerprint density at radius 1 is 1.17 bits per heavy atom. The Morgan fingerprint density at radius 2 is 1.88 bits per heavy atom. The maximum absolute atomic E-state index is 11.4. The van der Waals surface area contributed by atoms with Gasteiger partial charge in [-0.15, -0.1) is 0 Å². The third-order valence-corrected chi connectivity index (χ3v) is 4.96. The zero-order valence-electron chi connectivity index (χ0n) is 13.4. The predicted molar refractivity (Wildman–Crippen MR) is 99.2 cm³/mol. The van der Waals surface area contributed by atoms with E-state index < -0.39 is 5.97 Å². The number of aromatic nitrogens is 1. The van der Waals surface area contributed by atoms with E-state index in [9.17, 15) is 9.90 Å². The van der Waals surface area contributed by atoms with E-state index in [1.807, 2.05) is 24.3 Å². The Bertz CT molecular complexity index is 929. The summed E-state index contributed by atoms with van der Waals surface area (Å²) >= 11 is 12.5. The minimum absolute atomic E-state index is 0.0836. The number of carboxylic acid groups (broad SMARTS) is 1. The van der Waals surface area contributed by atoms with Gasteiger partial charge in [0.05, 0.1) is 22.2 Å². The number of para-hydroxylation sites is 1. The first-order valence-electron chi connectivity index (χ1n) is 7.69. The van der Waals surface area contributed by atoms with Crippen LogP contribution in [0.1, 0.15) is 30.9 Å². The summed E-state index contributed by atoms with van der Waals surface area (Å²) < 4.78 is 0. The largest absolute Gasteiger partial charge is 0.481 e. The third-order valence-electron chi connectivity index (χ3n) is 4.14. The lowest BCUT2D eigenvalue weighted by Crippen LogP contribution is -2.01. The normalized spacial score (nSPS) is 11.4. The zero-order chi connectivity index (χ0) is 17.4. The van der Waals surface area contributed by atoms with E-state index >= 15 is 0 Å². The molecule has 0 spiro atoms. The highest BCUT2D eigenvalue weighted by molar-refractivity contribution is 6.43. The lowest BCUT2D eigenvalue weighted by molar-refractivity contribution is -0.136. The summed E-state index contributed by atoms with van der Waals surface area (Å²) in [5, 5.41) is 11.1. The molecule has 2 aromatic carbocycles. The first-order chi connectivity index (χ1) is 11.4. The smallest absolute Gasteiger partial charge is 0.307 e. The van der Waals surface area contributed by atoms with Crippen LogP contribution in [0.3, 0.4) is 0 Å². The topological polar surface area (TPSA) is 53.1 Å². The number of aromatic amines is 1. The van der Waals surface area contributed by atoms with E-state index in [0.717, 1.165) is 22.0 Å². The Labute approximate surface area is 150 Å². The molecule has 2 N–H and O–H groups in total. The molecule has 1 aromatic heterocycles. The first-order valence-corrected chi connectivity index (χ1v) is 8.45. The van der Waals surface area contributed by atoms with Gasteiger partial charge in [0, 0.05) is 16.5 Å². The maximum atomic E-state index is 11.4. The van der Waals surface area contributed by atoms with Gasteiger partial charge in [0.1, 0.15) is 0 Å². The number of H-pyrrole nitrogens is 1. The van der Waals surface area contributed by atoms with Gasteiger partial charge in [-0.1, -0.05) is 67.4 Å². The van der Waals surface area contributed by atoms with Gasteiger partial charge < -0.3 is 10.1 Å². The molecule has 0 fully saturated rings. The highest BCUT2D eigenvalue weighted by Crippen LogP contribution is 2.39. The molecule has 0 amide bonds. The molecule has 0 aliphatic heterocycles. The number of aliphatic carboxylic acids is 1. The second-order valence-electron chi connectivity index (χ2n) is 6.07. The molecule has 0 radical (unpaired) electrons. The average Bonchev–Trinajstić information content (AvgIpc) is 2.87. The molecule has 0 aliphatic rings. The van der Waals surface area contributed by atoms with Gasteiger partial charge >= 0.3 is 5.97 Å². The van der Waals surface area contributed by atoms with Crippen molar-refractivity contribution in [2.75, 3.05) is 0 Å². The van der Waals surface area contributed by atoms with Gasteiger partial charge in [-0.2, -0.15) is 0 Å². The fraction of sp³-hybridized carbons (Fsp3) is 0.211. The van der Waals surface area contributed by atoms with E-state index in [4.69, 9.17) is 23.2 Å². The quantitative estimate of drug-likeness (QED) is 0.608. The van der Waals surface area contributed by atoms with Crippen LogP contribution in [0.25, 0.3) is 22.2 Å². The molecular weight excluding hydrogens is 345 g/mol. The van der Waals surface area contributed by atoms with Gasteiger partial charge in [0.15, 0.2) is 0 Å². The molecular formula is C19H17Cl2NO2. The summed E-state index contributed by atoms with van der Waals surface area (Å²) in [6.07, 6.45) is -0.0836. The fourth-order valence-electron chi connectivity index (χ4n) is 3.04. The molecule has 0 atom stereocenters. The van der Waals surface area contributed by atoms with Crippen LogP contribution < -0.4 is 0 Å². The van der Waals surface area contributed by atoms with Gasteiger partial charge in [0.2, 0.25) is 0 Å². The van der Waals surface area contributed by atoms with E-state index in [1.165, 1.54) is 0 Å². The third kappa shape index (κ3) is 2.90. The summed E-state index contributed by atoms with van der Waals surface area (Å²) in [6.45, 7) is 4.22. The van der Waals surface area contributed by atoms with E-state index in [-0.39, 0.29) is 6.42 Å². The number of carbonyl (C=O) groups is 1. The molecule has 3 nitrogen and oxygen atoms in total. The second kappa shape index (κ2) is 6.50. The van der Waals surface area contributed by atoms with E-state index in [1.54, 1.807) is 6.07 Å². The van der Waals surface area contributed by atoms with Gasteiger partial charge in [0.25, 0.3) is 0 Å². The summed E-state index contributed by atoms with van der Waals surface area (Å²) in [5.41, 5.74) is 4.25. The molecule has 5 heteroatoms. The Hall–Kier alpha value is -1.97. The molecule has 0 unspecified atom stereocenters. The van der Waals surface area contributed by atoms with Crippen molar-refractivity contribution >= 4 is 40.1 Å². The van der Waals surface area contributed by atoms with Crippen LogP contribution in [0.2, 0.25) is 10.0 Å². The monoisotopic (exact) mass is 361 g/mol. The van der Waals surface area contributed by atoms with Crippen molar-refractivity contribution in [2.45, 2.75) is 26.2 Å². The zero-order valence-corrected chi connectivity index (χ0v) is 14.9. The number of nitrogens with one attached hydrogen (secondary N) is 1. The van der Waals surface area contributed by atoms with Crippen molar-refractivity contribution in [1.82, 2.24) is 4.98 Å². The summed E-state index contributed by atoms with van der Waals surface area (Å²) in [5.74, 6) is -0.571. The van der Waals surface area contributed by atoms with Crippen molar-refractivity contribution in [1.29, 1.82) is 0 Å². The fourth-order valence-corrected chi connectivity index (χ4v) is 3.43. The molecule has 3 aromatic rings. The van der Waals surface area contributed by atoms with Crippen LogP contribution in [0.4, 0.5) is 0 Å². The van der Waals surface area contributed by atoms with E-state index in [0.29, 0.717) is 27.2 Å². The van der Waals surface area contributed by atoms with Crippen LogP contribution >= 0.6 is 23.2 Å². The van der Waals surface area contributed by atoms with Crippen LogP contribution in [0.15, 0.2) is 36.4 Å². The Kier molecular flexibility index (Phi) is 4.57. The highest BCUT2D eigenvalue weighted by Gasteiger charge is 2.20. The molecule has 1 heterocycles. The highest BCUT2D eigenvalue weighted by atomic mass is 35.5. The van der Waals surface area contributed by atoms with Crippen molar-refractivity contribution < 1.29 is 9.90 Å². The van der Waals surface area contributed by atoms with Gasteiger partial charge in [-0.25, -0.2) is 0 Å².